The van der Waals surface area contributed by atoms with Crippen LogP contribution in [0.1, 0.15) is 63.9 Å². The number of urea groups is 1. The number of nitrogens with zero attached hydrogens (tertiary/aromatic N) is 2. The molecule has 1 aliphatic carbocycles. The van der Waals surface area contributed by atoms with E-state index in [9.17, 15) is 13.2 Å². The molecule has 2 N–H and O–H groups in total. The van der Waals surface area contributed by atoms with Crippen LogP contribution >= 0.6 is 12.4 Å². The molecule has 8 nitrogen and oxygen atoms in total. The molecule has 1 heterocycles. The van der Waals surface area contributed by atoms with Gasteiger partial charge in [0, 0.05) is 44.0 Å². The summed E-state index contributed by atoms with van der Waals surface area (Å²) >= 11 is 0. The highest BCUT2D eigenvalue weighted by atomic mass is 35.5. The number of nitrogens with one attached hydrogen (secondary N) is 2. The summed E-state index contributed by atoms with van der Waals surface area (Å²) in [6.45, 7) is 5.86. The van der Waals surface area contributed by atoms with Crippen molar-refractivity contribution in [1.82, 2.24) is 15.1 Å². The maximum atomic E-state index is 13.1. The molecular formula is C29H43ClN4O4S. The fourth-order valence-electron chi connectivity index (χ4n) is 5.35. The molecule has 0 aromatic heterocycles. The van der Waals surface area contributed by atoms with Gasteiger partial charge in [0.15, 0.2) is 0 Å². The molecule has 39 heavy (non-hydrogen) atoms. The van der Waals surface area contributed by atoms with Gasteiger partial charge in [0.25, 0.3) is 0 Å². The van der Waals surface area contributed by atoms with Crippen molar-refractivity contribution < 1.29 is 17.9 Å². The summed E-state index contributed by atoms with van der Waals surface area (Å²) < 4.78 is 31.0. The predicted octanol–water partition coefficient (Wildman–Crippen LogP) is 5.99. The third-order valence-corrected chi connectivity index (χ3v) is 8.02. The van der Waals surface area contributed by atoms with Crippen molar-refractivity contribution in [2.45, 2.75) is 76.9 Å². The summed E-state index contributed by atoms with van der Waals surface area (Å²) in [6.07, 6.45) is 10.0. The summed E-state index contributed by atoms with van der Waals surface area (Å²) in [5, 5.41) is 3.34. The van der Waals surface area contributed by atoms with Crippen LogP contribution in [0.3, 0.4) is 0 Å². The molecule has 1 aliphatic heterocycles. The van der Waals surface area contributed by atoms with Crippen LogP contribution < -0.4 is 14.8 Å². The highest BCUT2D eigenvalue weighted by Gasteiger charge is 2.28. The molecule has 2 amide bonds. The number of ether oxygens (including phenoxy) is 1. The Bertz CT molecular complexity index is 1130. The first kappa shape index (κ1) is 31.0. The number of halogens is 1. The van der Waals surface area contributed by atoms with E-state index in [-0.39, 0.29) is 24.5 Å². The molecule has 2 aromatic rings. The Balaban J connectivity index is 0.00000420. The average Bonchev–Trinajstić information content (AvgIpc) is 3.42. The van der Waals surface area contributed by atoms with Gasteiger partial charge in [-0.3, -0.25) is 9.62 Å². The maximum absolute atomic E-state index is 13.1. The van der Waals surface area contributed by atoms with E-state index in [0.717, 1.165) is 76.7 Å². The largest absolute Gasteiger partial charge is 0.457 e. The van der Waals surface area contributed by atoms with Gasteiger partial charge >= 0.3 is 6.03 Å². The minimum absolute atomic E-state index is 0. The highest BCUT2D eigenvalue weighted by Crippen LogP contribution is 2.26. The van der Waals surface area contributed by atoms with E-state index < -0.39 is 10.0 Å². The molecule has 0 spiro atoms. The first-order valence-electron chi connectivity index (χ1n) is 13.9. The van der Waals surface area contributed by atoms with Gasteiger partial charge in [0.2, 0.25) is 10.0 Å². The first-order chi connectivity index (χ1) is 18.3. The van der Waals surface area contributed by atoms with Crippen molar-refractivity contribution >= 4 is 34.1 Å². The van der Waals surface area contributed by atoms with Crippen LogP contribution in [0, 0.1) is 0 Å². The second kappa shape index (κ2) is 14.8. The van der Waals surface area contributed by atoms with Crippen molar-refractivity contribution in [1.29, 1.82) is 0 Å². The number of likely N-dealkylation sites (tertiary alicyclic amines) is 1. The molecule has 1 saturated heterocycles. The Morgan fingerprint density at radius 1 is 0.974 bits per heavy atom. The second-order valence-corrected chi connectivity index (χ2v) is 12.4. The van der Waals surface area contributed by atoms with Crippen molar-refractivity contribution in [2.24, 2.45) is 0 Å². The normalized spacial score (nSPS) is 16.9. The van der Waals surface area contributed by atoms with Crippen LogP contribution in [-0.2, 0) is 16.6 Å². The Morgan fingerprint density at radius 3 is 2.13 bits per heavy atom. The quantitative estimate of drug-likeness (QED) is 0.342. The van der Waals surface area contributed by atoms with Gasteiger partial charge in [-0.25, -0.2) is 13.2 Å². The van der Waals surface area contributed by atoms with Crippen LogP contribution in [0.25, 0.3) is 0 Å². The van der Waals surface area contributed by atoms with E-state index in [0.29, 0.717) is 17.5 Å². The molecule has 4 rings (SSSR count). The Morgan fingerprint density at radius 2 is 1.56 bits per heavy atom. The third kappa shape index (κ3) is 9.89. The highest BCUT2D eigenvalue weighted by molar-refractivity contribution is 7.92. The number of hydrogen-bond donors (Lipinski definition) is 2. The van der Waals surface area contributed by atoms with Crippen molar-refractivity contribution in [3.8, 4) is 11.5 Å². The van der Waals surface area contributed by atoms with Gasteiger partial charge in [0.05, 0.1) is 6.26 Å². The summed E-state index contributed by atoms with van der Waals surface area (Å²) in [5.41, 5.74) is 1.72. The Kier molecular flexibility index (Phi) is 11.8. The van der Waals surface area contributed by atoms with E-state index in [4.69, 9.17) is 4.74 Å². The smallest absolute Gasteiger partial charge is 0.317 e. The third-order valence-electron chi connectivity index (χ3n) is 7.42. The fraction of sp³-hybridized carbons (Fsp3) is 0.552. The summed E-state index contributed by atoms with van der Waals surface area (Å²) in [4.78, 5) is 17.6. The van der Waals surface area contributed by atoms with Crippen molar-refractivity contribution in [3.63, 3.8) is 0 Å². The van der Waals surface area contributed by atoms with Crippen LogP contribution in [0.2, 0.25) is 0 Å². The molecular weight excluding hydrogens is 536 g/mol. The molecule has 10 heteroatoms. The van der Waals surface area contributed by atoms with Gasteiger partial charge in [-0.15, -0.1) is 12.4 Å². The molecule has 216 valence electrons. The minimum Gasteiger partial charge on any atom is -0.457 e. The molecule has 2 aliphatic rings. The Hall–Kier alpha value is -2.49. The zero-order valence-corrected chi connectivity index (χ0v) is 24.7. The summed E-state index contributed by atoms with van der Waals surface area (Å²) in [7, 11) is -3.30. The number of rotatable bonds is 11. The van der Waals surface area contributed by atoms with Crippen LogP contribution in [0.15, 0.2) is 48.5 Å². The standard InChI is InChI=1S/C29H42N4O4S.ClH/c1-3-4-19-33(26-7-5-6-8-26)29(34)30-24-17-20-32(21-18-24)22-23-9-13-27(14-10-23)37-28-15-11-25(12-16-28)31-38(2,35)36;/h9-16,24,26,31H,3-8,17-22H2,1-2H3,(H,30,34);1H. The van der Waals surface area contributed by atoms with Gasteiger partial charge < -0.3 is 15.0 Å². The van der Waals surface area contributed by atoms with Crippen LogP contribution in [-0.4, -0.2) is 62.2 Å². The molecule has 2 fully saturated rings. The zero-order chi connectivity index (χ0) is 27.0. The Labute approximate surface area is 239 Å². The number of piperidine rings is 1. The fourth-order valence-corrected chi connectivity index (χ4v) is 5.91. The number of amides is 2. The van der Waals surface area contributed by atoms with E-state index in [1.165, 1.54) is 18.4 Å². The molecule has 0 radical (unpaired) electrons. The van der Waals surface area contributed by atoms with Gasteiger partial charge in [0.1, 0.15) is 11.5 Å². The van der Waals surface area contributed by atoms with E-state index >= 15 is 0 Å². The van der Waals surface area contributed by atoms with E-state index in [1.54, 1.807) is 24.3 Å². The molecule has 1 saturated carbocycles. The SMILES string of the molecule is CCCCN(C(=O)NC1CCN(Cc2ccc(Oc3ccc(NS(C)(=O)=O)cc3)cc2)CC1)C1CCCC1.Cl. The number of anilines is 1. The molecule has 2 aromatic carbocycles. The lowest BCUT2D eigenvalue weighted by molar-refractivity contribution is 0.154. The molecule has 0 unspecified atom stereocenters. The van der Waals surface area contributed by atoms with Gasteiger partial charge in [-0.2, -0.15) is 0 Å². The van der Waals surface area contributed by atoms with E-state index in [1.807, 2.05) is 12.1 Å². The number of carbonyl (C=O) groups excluding carboxylic acids is 1. The summed E-state index contributed by atoms with van der Waals surface area (Å²) in [6, 6.07) is 15.7. The average molecular weight is 579 g/mol. The number of unbranched alkanes of at least 4 members (excludes halogenated alkanes) is 1. The molecule has 0 bridgehead atoms. The number of sulfonamides is 1. The van der Waals surface area contributed by atoms with Crippen LogP contribution in [0.5, 0.6) is 11.5 Å². The lowest BCUT2D eigenvalue weighted by atomic mass is 10.0. The topological polar surface area (TPSA) is 91.0 Å². The monoisotopic (exact) mass is 578 g/mol. The second-order valence-electron chi connectivity index (χ2n) is 10.6. The van der Waals surface area contributed by atoms with Gasteiger partial charge in [-0.05, 0) is 74.1 Å². The maximum Gasteiger partial charge on any atom is 0.317 e. The van der Waals surface area contributed by atoms with E-state index in [2.05, 4.69) is 38.9 Å². The minimum atomic E-state index is -3.30. The van der Waals surface area contributed by atoms with Gasteiger partial charge in [-0.1, -0.05) is 38.3 Å². The number of benzene rings is 2. The molecule has 0 atom stereocenters. The summed E-state index contributed by atoms with van der Waals surface area (Å²) in [5.74, 6) is 1.37. The predicted molar refractivity (Wildman–Crippen MR) is 159 cm³/mol. The van der Waals surface area contributed by atoms with Crippen molar-refractivity contribution in [3.05, 3.63) is 54.1 Å². The number of hydrogen-bond acceptors (Lipinski definition) is 5. The number of carbonyl (C=O) groups is 1. The van der Waals surface area contributed by atoms with Crippen molar-refractivity contribution in [2.75, 3.05) is 30.6 Å². The lowest BCUT2D eigenvalue weighted by Gasteiger charge is -2.35. The first-order valence-corrected chi connectivity index (χ1v) is 15.8. The van der Waals surface area contributed by atoms with Crippen LogP contribution in [0.4, 0.5) is 10.5 Å². The zero-order valence-electron chi connectivity index (χ0n) is 23.1. The lowest BCUT2D eigenvalue weighted by Crippen LogP contribution is -2.51.